The Hall–Kier alpha value is -1.64. The highest BCUT2D eigenvalue weighted by Gasteiger charge is 2.17. The summed E-state index contributed by atoms with van der Waals surface area (Å²) >= 11 is 0. The highest BCUT2D eigenvalue weighted by molar-refractivity contribution is 5.47. The van der Waals surface area contributed by atoms with Gasteiger partial charge < -0.3 is 4.74 Å². The number of ether oxygens (including phenoxy) is 1. The van der Waals surface area contributed by atoms with Crippen LogP contribution >= 0.6 is 0 Å². The summed E-state index contributed by atoms with van der Waals surface area (Å²) in [6, 6.07) is 7.24. The minimum Gasteiger partial charge on any atom is -0.493 e. The van der Waals surface area contributed by atoms with Gasteiger partial charge in [-0.15, -0.1) is 4.91 Å². The molecule has 1 aromatic rings. The third-order valence-electron chi connectivity index (χ3n) is 2.07. The van der Waals surface area contributed by atoms with Crippen molar-refractivity contribution in [2.24, 2.45) is 5.18 Å². The molecule has 1 aliphatic rings. The van der Waals surface area contributed by atoms with E-state index >= 15 is 0 Å². The number of hydrogen-bond acceptors (Lipinski definition) is 3. The Balaban J connectivity index is 2.32. The number of nitroso groups, excluding NO2 is 1. The van der Waals surface area contributed by atoms with Crippen LogP contribution in [0.15, 0.2) is 41.8 Å². The quantitative estimate of drug-likeness (QED) is 0.648. The second-order valence-corrected chi connectivity index (χ2v) is 2.88. The molecule has 1 heterocycles. The van der Waals surface area contributed by atoms with E-state index in [1.165, 1.54) is 0 Å². The van der Waals surface area contributed by atoms with Crippen molar-refractivity contribution in [3.63, 3.8) is 0 Å². The molecular formula is C10H9NO2. The van der Waals surface area contributed by atoms with Gasteiger partial charge in [0, 0.05) is 12.0 Å². The molecule has 0 fully saturated rings. The van der Waals surface area contributed by atoms with Crippen LogP contribution in [0.1, 0.15) is 18.1 Å². The van der Waals surface area contributed by atoms with Crippen molar-refractivity contribution >= 4 is 5.69 Å². The van der Waals surface area contributed by atoms with Gasteiger partial charge in [-0.05, 0) is 17.3 Å². The van der Waals surface area contributed by atoms with Gasteiger partial charge in [-0.1, -0.05) is 18.2 Å². The zero-order chi connectivity index (χ0) is 9.10. The largest absolute Gasteiger partial charge is 0.493 e. The summed E-state index contributed by atoms with van der Waals surface area (Å²) in [6.07, 6.45) is 4.37. The molecular weight excluding hydrogens is 166 g/mol. The molecule has 0 bridgehead atoms. The Morgan fingerprint density at radius 1 is 1.38 bits per heavy atom. The Bertz CT molecular complexity index is 339. The molecule has 0 spiro atoms. The van der Waals surface area contributed by atoms with Crippen LogP contribution in [0, 0.1) is 4.91 Å². The monoisotopic (exact) mass is 175 g/mol. The molecule has 3 heteroatoms. The average molecular weight is 175 g/mol. The molecule has 1 aromatic carbocycles. The van der Waals surface area contributed by atoms with Crippen LogP contribution in [-0.2, 0) is 4.74 Å². The summed E-state index contributed by atoms with van der Waals surface area (Å²) in [5.41, 5.74) is 1.33. The zero-order valence-electron chi connectivity index (χ0n) is 7.01. The third-order valence-corrected chi connectivity index (χ3v) is 2.07. The SMILES string of the molecule is O=Nc1ccccc1C1CC=CO1. The Labute approximate surface area is 76.0 Å². The number of rotatable bonds is 2. The van der Waals surface area contributed by atoms with Crippen LogP contribution < -0.4 is 0 Å². The number of nitrogens with zero attached hydrogens (tertiary/aromatic N) is 1. The first kappa shape index (κ1) is 7.98. The Kier molecular flexibility index (Phi) is 2.08. The Morgan fingerprint density at radius 2 is 2.23 bits per heavy atom. The van der Waals surface area contributed by atoms with Crippen molar-refractivity contribution in [2.75, 3.05) is 0 Å². The van der Waals surface area contributed by atoms with E-state index in [-0.39, 0.29) is 6.10 Å². The predicted molar refractivity (Wildman–Crippen MR) is 49.5 cm³/mol. The van der Waals surface area contributed by atoms with Gasteiger partial charge in [0.25, 0.3) is 0 Å². The molecule has 0 N–H and O–H groups in total. The van der Waals surface area contributed by atoms with Gasteiger partial charge in [0.05, 0.1) is 6.26 Å². The van der Waals surface area contributed by atoms with E-state index in [1.54, 1.807) is 18.4 Å². The lowest BCUT2D eigenvalue weighted by molar-refractivity contribution is 0.174. The van der Waals surface area contributed by atoms with E-state index in [4.69, 9.17) is 4.74 Å². The van der Waals surface area contributed by atoms with Gasteiger partial charge in [0.2, 0.25) is 0 Å². The van der Waals surface area contributed by atoms with E-state index in [1.807, 2.05) is 18.2 Å². The first-order valence-corrected chi connectivity index (χ1v) is 4.14. The molecule has 3 nitrogen and oxygen atoms in total. The lowest BCUT2D eigenvalue weighted by atomic mass is 10.1. The summed E-state index contributed by atoms with van der Waals surface area (Å²) < 4.78 is 5.30. The van der Waals surface area contributed by atoms with E-state index in [9.17, 15) is 4.91 Å². The fraction of sp³-hybridized carbons (Fsp3) is 0.200. The van der Waals surface area contributed by atoms with Crippen molar-refractivity contribution in [3.8, 4) is 0 Å². The lowest BCUT2D eigenvalue weighted by Crippen LogP contribution is -1.94. The molecule has 0 amide bonds. The van der Waals surface area contributed by atoms with E-state index in [2.05, 4.69) is 5.18 Å². The van der Waals surface area contributed by atoms with Gasteiger partial charge in [-0.3, -0.25) is 0 Å². The summed E-state index contributed by atoms with van der Waals surface area (Å²) in [7, 11) is 0. The molecule has 1 atom stereocenters. The lowest BCUT2D eigenvalue weighted by Gasteiger charge is -2.11. The Morgan fingerprint density at radius 3 is 2.92 bits per heavy atom. The summed E-state index contributed by atoms with van der Waals surface area (Å²) in [5.74, 6) is 0. The van der Waals surface area contributed by atoms with Gasteiger partial charge in [0.15, 0.2) is 0 Å². The molecule has 66 valence electrons. The number of benzene rings is 1. The zero-order valence-corrected chi connectivity index (χ0v) is 7.01. The minimum absolute atomic E-state index is 0.0334. The molecule has 13 heavy (non-hydrogen) atoms. The highest BCUT2D eigenvalue weighted by Crippen LogP contribution is 2.32. The third kappa shape index (κ3) is 1.45. The molecule has 0 radical (unpaired) electrons. The molecule has 1 aliphatic heterocycles. The van der Waals surface area contributed by atoms with Gasteiger partial charge in [0.1, 0.15) is 11.8 Å². The van der Waals surface area contributed by atoms with Gasteiger partial charge >= 0.3 is 0 Å². The molecule has 0 aromatic heterocycles. The van der Waals surface area contributed by atoms with Crippen LogP contribution in [0.5, 0.6) is 0 Å². The maximum Gasteiger partial charge on any atom is 0.129 e. The smallest absolute Gasteiger partial charge is 0.129 e. The standard InChI is InChI=1S/C10H9NO2/c12-11-9-5-2-1-4-8(9)10-6-3-7-13-10/h1-5,7,10H,6H2. The second-order valence-electron chi connectivity index (χ2n) is 2.88. The molecule has 0 saturated heterocycles. The van der Waals surface area contributed by atoms with Gasteiger partial charge in [-0.2, -0.15) is 0 Å². The summed E-state index contributed by atoms with van der Waals surface area (Å²) in [6.45, 7) is 0. The van der Waals surface area contributed by atoms with Crippen molar-refractivity contribution in [1.82, 2.24) is 0 Å². The molecule has 2 rings (SSSR count). The second kappa shape index (κ2) is 3.39. The fourth-order valence-corrected chi connectivity index (χ4v) is 1.43. The first-order chi connectivity index (χ1) is 6.42. The molecule has 0 aliphatic carbocycles. The van der Waals surface area contributed by atoms with Crippen LogP contribution in [0.25, 0.3) is 0 Å². The highest BCUT2D eigenvalue weighted by atomic mass is 16.5. The van der Waals surface area contributed by atoms with E-state index in [0.29, 0.717) is 5.69 Å². The molecule has 1 unspecified atom stereocenters. The van der Waals surface area contributed by atoms with Crippen LogP contribution in [0.4, 0.5) is 5.69 Å². The normalized spacial score (nSPS) is 19.8. The maximum absolute atomic E-state index is 10.5. The van der Waals surface area contributed by atoms with Crippen molar-refractivity contribution in [3.05, 3.63) is 47.1 Å². The average Bonchev–Trinajstić information content (AvgIpc) is 2.70. The first-order valence-electron chi connectivity index (χ1n) is 4.14. The predicted octanol–water partition coefficient (Wildman–Crippen LogP) is 3.06. The van der Waals surface area contributed by atoms with Crippen LogP contribution in [-0.4, -0.2) is 0 Å². The van der Waals surface area contributed by atoms with Crippen LogP contribution in [0.3, 0.4) is 0 Å². The topological polar surface area (TPSA) is 38.7 Å². The summed E-state index contributed by atoms with van der Waals surface area (Å²) in [4.78, 5) is 10.5. The van der Waals surface area contributed by atoms with Crippen molar-refractivity contribution in [1.29, 1.82) is 0 Å². The van der Waals surface area contributed by atoms with Crippen LogP contribution in [0.2, 0.25) is 0 Å². The van der Waals surface area contributed by atoms with E-state index in [0.717, 1.165) is 12.0 Å². The minimum atomic E-state index is -0.0334. The van der Waals surface area contributed by atoms with E-state index < -0.39 is 0 Å². The number of hydrogen-bond donors (Lipinski definition) is 0. The molecule has 0 saturated carbocycles. The fourth-order valence-electron chi connectivity index (χ4n) is 1.43. The van der Waals surface area contributed by atoms with Crippen molar-refractivity contribution in [2.45, 2.75) is 12.5 Å². The maximum atomic E-state index is 10.5. The van der Waals surface area contributed by atoms with Crippen molar-refractivity contribution < 1.29 is 4.74 Å². The summed E-state index contributed by atoms with van der Waals surface area (Å²) in [5, 5.41) is 2.96. The van der Waals surface area contributed by atoms with Gasteiger partial charge in [-0.25, -0.2) is 0 Å².